The van der Waals surface area contributed by atoms with Crippen molar-refractivity contribution >= 4 is 45.2 Å². The molecule has 0 saturated heterocycles. The average Bonchev–Trinajstić information content (AvgIpc) is 3.03. The monoisotopic (exact) mass is 468 g/mol. The van der Waals surface area contributed by atoms with Gasteiger partial charge in [0.25, 0.3) is 0 Å². The summed E-state index contributed by atoms with van der Waals surface area (Å²) in [7, 11) is 0. The number of hydrogen-bond acceptors (Lipinski definition) is 4. The van der Waals surface area contributed by atoms with Crippen molar-refractivity contribution in [1.29, 1.82) is 0 Å². The third-order valence-electron chi connectivity index (χ3n) is 4.35. The molecule has 0 aromatic heterocycles. The first-order valence-electron chi connectivity index (χ1n) is 8.75. The number of ether oxygens (including phenoxy) is 2. The van der Waals surface area contributed by atoms with Gasteiger partial charge in [0, 0.05) is 21.1 Å². The second-order valence-corrected chi connectivity index (χ2v) is 7.72. The summed E-state index contributed by atoms with van der Waals surface area (Å²) in [5.74, 6) is 0.747. The second-order valence-electron chi connectivity index (χ2n) is 6.37. The summed E-state index contributed by atoms with van der Waals surface area (Å²) in [4.78, 5) is 24.8. The third-order valence-corrected chi connectivity index (χ3v) is 5.13. The van der Waals surface area contributed by atoms with Crippen LogP contribution in [0, 0.1) is 0 Å². The van der Waals surface area contributed by atoms with Gasteiger partial charge in [-0.05, 0) is 60.2 Å². The van der Waals surface area contributed by atoms with Crippen molar-refractivity contribution < 1.29 is 19.1 Å². The first kappa shape index (κ1) is 19.4. The fourth-order valence-corrected chi connectivity index (χ4v) is 3.23. The van der Waals surface area contributed by atoms with Crippen molar-refractivity contribution in [2.24, 2.45) is 0 Å². The van der Waals surface area contributed by atoms with Crippen molar-refractivity contribution in [3.05, 3.63) is 98.7 Å². The lowest BCUT2D eigenvalue weighted by molar-refractivity contribution is 0.0921. The maximum Gasteiger partial charge on any atom is 0.231 e. The summed E-state index contributed by atoms with van der Waals surface area (Å²) < 4.78 is 12.3. The lowest BCUT2D eigenvalue weighted by Gasteiger charge is -2.07. The zero-order chi connectivity index (χ0) is 20.4. The summed E-state index contributed by atoms with van der Waals surface area (Å²) in [6.07, 6.45) is 1.69. The highest BCUT2D eigenvalue weighted by Gasteiger charge is 2.27. The van der Waals surface area contributed by atoms with E-state index in [9.17, 15) is 9.59 Å². The smallest absolute Gasteiger partial charge is 0.231 e. The van der Waals surface area contributed by atoms with E-state index in [2.05, 4.69) is 15.9 Å². The van der Waals surface area contributed by atoms with Gasteiger partial charge in [-0.15, -0.1) is 0 Å². The number of fused-ring (bicyclic) bond motifs is 1. The highest BCUT2D eigenvalue weighted by Crippen LogP contribution is 2.35. The number of Topliss-reactive ketones (excluding diaryl/α,β-unsaturated/α-hetero) is 2. The highest BCUT2D eigenvalue weighted by molar-refractivity contribution is 9.10. The lowest BCUT2D eigenvalue weighted by Crippen LogP contribution is -2.11. The van der Waals surface area contributed by atoms with Crippen LogP contribution in [0.3, 0.4) is 0 Å². The number of hydrogen-bond donors (Lipinski definition) is 0. The van der Waals surface area contributed by atoms with Crippen LogP contribution in [0.5, 0.6) is 11.5 Å². The van der Waals surface area contributed by atoms with E-state index in [1.54, 1.807) is 48.5 Å². The normalized spacial score (nSPS) is 13.9. The Labute approximate surface area is 180 Å². The highest BCUT2D eigenvalue weighted by atomic mass is 79.9. The van der Waals surface area contributed by atoms with Gasteiger partial charge in [-0.1, -0.05) is 39.7 Å². The molecule has 0 amide bonds. The molecule has 1 aliphatic rings. The predicted octanol–water partition coefficient (Wildman–Crippen LogP) is 5.98. The van der Waals surface area contributed by atoms with Crippen molar-refractivity contribution in [3.8, 4) is 11.5 Å². The van der Waals surface area contributed by atoms with Crippen LogP contribution in [0.4, 0.5) is 0 Å². The Morgan fingerprint density at radius 1 is 1.03 bits per heavy atom. The Morgan fingerprint density at radius 2 is 1.76 bits per heavy atom. The van der Waals surface area contributed by atoms with E-state index < -0.39 is 0 Å². The number of carbonyl (C=O) groups is 2. The van der Waals surface area contributed by atoms with Crippen LogP contribution in [0.15, 0.2) is 77.0 Å². The fourth-order valence-electron chi connectivity index (χ4n) is 2.84. The van der Waals surface area contributed by atoms with E-state index in [1.165, 1.54) is 0 Å². The average molecular weight is 470 g/mol. The molecular formula is C23H14BrClO4. The molecule has 0 aliphatic carbocycles. The maximum absolute atomic E-state index is 12.5. The maximum atomic E-state index is 12.5. The number of ketones is 2. The standard InChI is InChI=1S/C23H14BrClO4/c24-16-5-1-14(2-6-16)11-22-23(27)19-10-9-18(12-21(19)29-22)28-13-20(26)15-3-7-17(25)8-4-15/h1-12H,13H2/b22-11-. The quantitative estimate of drug-likeness (QED) is 0.341. The molecule has 0 spiro atoms. The number of carbonyl (C=O) groups excluding carboxylic acids is 2. The molecule has 29 heavy (non-hydrogen) atoms. The van der Waals surface area contributed by atoms with Crippen LogP contribution in [0.1, 0.15) is 26.3 Å². The minimum Gasteiger partial charge on any atom is -0.485 e. The number of benzene rings is 3. The predicted molar refractivity (Wildman–Crippen MR) is 115 cm³/mol. The summed E-state index contributed by atoms with van der Waals surface area (Å²) in [5.41, 5.74) is 1.83. The van der Waals surface area contributed by atoms with Gasteiger partial charge in [0.2, 0.25) is 5.78 Å². The van der Waals surface area contributed by atoms with Crippen LogP contribution in [-0.2, 0) is 0 Å². The minimum atomic E-state index is -0.188. The molecule has 1 aliphatic heterocycles. The Balaban J connectivity index is 1.46. The van der Waals surface area contributed by atoms with Crippen molar-refractivity contribution in [2.45, 2.75) is 0 Å². The van der Waals surface area contributed by atoms with Crippen molar-refractivity contribution in [1.82, 2.24) is 0 Å². The van der Waals surface area contributed by atoms with Gasteiger partial charge in [0.15, 0.2) is 18.1 Å². The van der Waals surface area contributed by atoms with Crippen LogP contribution in [0.2, 0.25) is 5.02 Å². The summed E-state index contributed by atoms with van der Waals surface area (Å²) in [6, 6.07) is 19.1. The molecule has 0 bridgehead atoms. The lowest BCUT2D eigenvalue weighted by atomic mass is 10.1. The zero-order valence-corrected chi connectivity index (χ0v) is 17.4. The van der Waals surface area contributed by atoms with Gasteiger partial charge in [-0.3, -0.25) is 9.59 Å². The number of rotatable bonds is 5. The Bertz CT molecular complexity index is 1120. The van der Waals surface area contributed by atoms with Gasteiger partial charge < -0.3 is 9.47 Å². The van der Waals surface area contributed by atoms with Gasteiger partial charge >= 0.3 is 0 Å². The van der Waals surface area contributed by atoms with Gasteiger partial charge in [-0.2, -0.15) is 0 Å². The van der Waals surface area contributed by atoms with E-state index in [-0.39, 0.29) is 23.9 Å². The SMILES string of the molecule is O=C(COc1ccc2c(c1)O/C(=C\c1ccc(Br)cc1)C2=O)c1ccc(Cl)cc1. The van der Waals surface area contributed by atoms with Crippen LogP contribution in [0.25, 0.3) is 6.08 Å². The van der Waals surface area contributed by atoms with E-state index in [0.29, 0.717) is 27.6 Å². The van der Waals surface area contributed by atoms with Gasteiger partial charge in [0.1, 0.15) is 11.5 Å². The first-order chi connectivity index (χ1) is 14.0. The van der Waals surface area contributed by atoms with E-state index >= 15 is 0 Å². The number of allylic oxidation sites excluding steroid dienone is 1. The van der Waals surface area contributed by atoms with E-state index in [4.69, 9.17) is 21.1 Å². The zero-order valence-electron chi connectivity index (χ0n) is 15.0. The molecule has 0 fully saturated rings. The topological polar surface area (TPSA) is 52.6 Å². The fraction of sp³-hybridized carbons (Fsp3) is 0.0435. The minimum absolute atomic E-state index is 0.129. The van der Waals surface area contributed by atoms with Gasteiger partial charge in [0.05, 0.1) is 5.56 Å². The second kappa shape index (κ2) is 8.23. The molecular weight excluding hydrogens is 456 g/mol. The molecule has 0 N–H and O–H groups in total. The van der Waals surface area contributed by atoms with Crippen LogP contribution in [-0.4, -0.2) is 18.2 Å². The molecule has 4 rings (SSSR count). The summed E-state index contributed by atoms with van der Waals surface area (Å²) in [6.45, 7) is -0.129. The molecule has 0 unspecified atom stereocenters. The van der Waals surface area contributed by atoms with E-state index in [0.717, 1.165) is 10.0 Å². The third kappa shape index (κ3) is 4.42. The largest absolute Gasteiger partial charge is 0.485 e. The summed E-state index contributed by atoms with van der Waals surface area (Å²) >= 11 is 9.22. The summed E-state index contributed by atoms with van der Waals surface area (Å²) in [5, 5.41) is 0.565. The molecule has 0 radical (unpaired) electrons. The first-order valence-corrected chi connectivity index (χ1v) is 9.92. The molecule has 0 saturated carbocycles. The van der Waals surface area contributed by atoms with Crippen LogP contribution < -0.4 is 9.47 Å². The molecule has 0 atom stereocenters. The van der Waals surface area contributed by atoms with Crippen molar-refractivity contribution in [3.63, 3.8) is 0 Å². The van der Waals surface area contributed by atoms with Crippen molar-refractivity contribution in [2.75, 3.05) is 6.61 Å². The molecule has 3 aromatic rings. The molecule has 1 heterocycles. The molecule has 3 aromatic carbocycles. The Morgan fingerprint density at radius 3 is 2.48 bits per heavy atom. The van der Waals surface area contributed by atoms with E-state index in [1.807, 2.05) is 24.3 Å². The Kier molecular flexibility index (Phi) is 5.51. The molecule has 4 nitrogen and oxygen atoms in total. The molecule has 144 valence electrons. The molecule has 6 heteroatoms. The van der Waals surface area contributed by atoms with Crippen LogP contribution >= 0.6 is 27.5 Å². The number of halogens is 2. The Hall–Kier alpha value is -2.89. The van der Waals surface area contributed by atoms with Gasteiger partial charge in [-0.25, -0.2) is 0 Å².